The molecule has 1 aliphatic rings. The Kier molecular flexibility index (Phi) is 4.20. The van der Waals surface area contributed by atoms with Gasteiger partial charge in [0.25, 0.3) is 5.91 Å². The molecule has 0 fully saturated rings. The maximum absolute atomic E-state index is 12.4. The molecule has 0 aliphatic carbocycles. The molecule has 1 N–H and O–H groups in total. The van der Waals surface area contributed by atoms with Crippen molar-refractivity contribution in [2.75, 3.05) is 13.2 Å². The fraction of sp³-hybridized carbons (Fsp3) is 0.316. The Balaban J connectivity index is 1.38. The Morgan fingerprint density at radius 2 is 2.23 bits per heavy atom. The number of hydrogen-bond acceptors (Lipinski definition) is 5. The van der Waals surface area contributed by atoms with Crippen molar-refractivity contribution in [3.05, 3.63) is 53.5 Å². The zero-order valence-corrected chi connectivity index (χ0v) is 14.7. The summed E-state index contributed by atoms with van der Waals surface area (Å²) in [5, 5.41) is 11.0. The van der Waals surface area contributed by atoms with Gasteiger partial charge in [-0.15, -0.1) is 0 Å². The lowest BCUT2D eigenvalue weighted by Gasteiger charge is -2.25. The number of ether oxygens (including phenoxy) is 1. The zero-order chi connectivity index (χ0) is 18.1. The Bertz CT molecular complexity index is 944. The summed E-state index contributed by atoms with van der Waals surface area (Å²) in [4.78, 5) is 12.4. The van der Waals surface area contributed by atoms with E-state index in [1.807, 2.05) is 32.2 Å². The second-order valence-corrected chi connectivity index (χ2v) is 6.54. The molecule has 0 unspecified atom stereocenters. The maximum Gasteiger partial charge on any atom is 0.273 e. The molecule has 0 saturated carbocycles. The minimum absolute atomic E-state index is 0.237. The van der Waals surface area contributed by atoms with Gasteiger partial charge in [-0.2, -0.15) is 5.10 Å². The molecule has 0 radical (unpaired) electrons. The van der Waals surface area contributed by atoms with E-state index in [2.05, 4.69) is 21.6 Å². The van der Waals surface area contributed by atoms with Crippen molar-refractivity contribution in [1.82, 2.24) is 20.3 Å². The maximum atomic E-state index is 12.4. The van der Waals surface area contributed by atoms with Crippen LogP contribution < -0.4 is 10.1 Å². The van der Waals surface area contributed by atoms with E-state index < -0.39 is 0 Å². The van der Waals surface area contributed by atoms with Gasteiger partial charge in [-0.25, -0.2) is 0 Å². The van der Waals surface area contributed by atoms with E-state index in [-0.39, 0.29) is 17.5 Å². The summed E-state index contributed by atoms with van der Waals surface area (Å²) in [6.45, 7) is 3.06. The van der Waals surface area contributed by atoms with E-state index in [0.29, 0.717) is 18.9 Å². The number of carbonyl (C=O) groups is 1. The van der Waals surface area contributed by atoms with Crippen molar-refractivity contribution in [3.8, 4) is 17.1 Å². The number of carbonyl (C=O) groups excluding carboxylic acids is 1. The fourth-order valence-corrected chi connectivity index (χ4v) is 3.10. The molecule has 7 heteroatoms. The van der Waals surface area contributed by atoms with Gasteiger partial charge >= 0.3 is 0 Å². The molecule has 7 nitrogen and oxygen atoms in total. The predicted octanol–water partition coefficient (Wildman–Crippen LogP) is 2.36. The summed E-state index contributed by atoms with van der Waals surface area (Å²) >= 11 is 0. The highest BCUT2D eigenvalue weighted by Gasteiger charge is 2.21. The first kappa shape index (κ1) is 16.4. The Morgan fingerprint density at radius 3 is 3.04 bits per heavy atom. The van der Waals surface area contributed by atoms with E-state index in [0.717, 1.165) is 23.4 Å². The van der Waals surface area contributed by atoms with Crippen LogP contribution in [0.3, 0.4) is 0 Å². The third kappa shape index (κ3) is 3.08. The van der Waals surface area contributed by atoms with Gasteiger partial charge in [-0.1, -0.05) is 23.4 Å². The quantitative estimate of drug-likeness (QED) is 0.779. The van der Waals surface area contributed by atoms with Crippen LogP contribution in [0, 0.1) is 12.8 Å². The van der Waals surface area contributed by atoms with E-state index in [4.69, 9.17) is 9.26 Å². The average molecular weight is 352 g/mol. The summed E-state index contributed by atoms with van der Waals surface area (Å²) in [5.74, 6) is 1.46. The van der Waals surface area contributed by atoms with Crippen molar-refractivity contribution in [1.29, 1.82) is 0 Å². The molecule has 0 spiro atoms. The molecular weight excluding hydrogens is 332 g/mol. The lowest BCUT2D eigenvalue weighted by Crippen LogP contribution is -2.34. The Labute approximate surface area is 150 Å². The summed E-state index contributed by atoms with van der Waals surface area (Å²) in [6.07, 6.45) is 2.59. The van der Waals surface area contributed by atoms with Gasteiger partial charge in [0.05, 0.1) is 18.4 Å². The van der Waals surface area contributed by atoms with Gasteiger partial charge in [-0.3, -0.25) is 9.48 Å². The van der Waals surface area contributed by atoms with Gasteiger partial charge in [-0.05, 0) is 25.0 Å². The normalized spacial score (nSPS) is 16.0. The van der Waals surface area contributed by atoms with E-state index in [1.54, 1.807) is 16.9 Å². The highest BCUT2D eigenvalue weighted by atomic mass is 16.5. The van der Waals surface area contributed by atoms with E-state index in [1.165, 1.54) is 5.56 Å². The number of fused-ring (bicyclic) bond motifs is 1. The molecule has 4 rings (SSSR count). The van der Waals surface area contributed by atoms with Crippen LogP contribution in [-0.4, -0.2) is 34.0 Å². The molecule has 3 aromatic rings. The fourth-order valence-electron chi connectivity index (χ4n) is 3.10. The van der Waals surface area contributed by atoms with Gasteiger partial charge in [0.1, 0.15) is 5.75 Å². The number of aryl methyl sites for hydroxylation is 1. The van der Waals surface area contributed by atoms with Crippen LogP contribution in [0.5, 0.6) is 5.75 Å². The largest absolute Gasteiger partial charge is 0.493 e. The van der Waals surface area contributed by atoms with Crippen LogP contribution in [0.15, 0.2) is 41.1 Å². The Morgan fingerprint density at radius 1 is 1.38 bits per heavy atom. The van der Waals surface area contributed by atoms with E-state index in [9.17, 15) is 4.79 Å². The highest BCUT2D eigenvalue weighted by molar-refractivity contribution is 5.93. The third-order valence-corrected chi connectivity index (χ3v) is 4.75. The third-order valence-electron chi connectivity index (χ3n) is 4.75. The van der Waals surface area contributed by atoms with Crippen LogP contribution in [0.2, 0.25) is 0 Å². The number of hydrogen-bond donors (Lipinski definition) is 1. The monoisotopic (exact) mass is 352 g/mol. The van der Waals surface area contributed by atoms with Crippen molar-refractivity contribution >= 4 is 5.91 Å². The number of rotatable bonds is 4. The second-order valence-electron chi connectivity index (χ2n) is 6.54. The van der Waals surface area contributed by atoms with Crippen molar-refractivity contribution in [3.63, 3.8) is 0 Å². The number of nitrogens with zero attached hydrogens (tertiary/aromatic N) is 3. The summed E-state index contributed by atoms with van der Waals surface area (Å²) < 4.78 is 12.8. The van der Waals surface area contributed by atoms with E-state index >= 15 is 0 Å². The minimum atomic E-state index is -0.250. The summed E-state index contributed by atoms with van der Waals surface area (Å²) in [7, 11) is 1.85. The van der Waals surface area contributed by atoms with Gasteiger partial charge in [0.15, 0.2) is 11.5 Å². The first-order chi connectivity index (χ1) is 12.6. The van der Waals surface area contributed by atoms with Crippen LogP contribution in [-0.2, 0) is 13.5 Å². The first-order valence-electron chi connectivity index (χ1n) is 8.56. The zero-order valence-electron chi connectivity index (χ0n) is 14.7. The smallest absolute Gasteiger partial charge is 0.273 e. The molecule has 1 atom stereocenters. The molecular formula is C19H20N4O3. The van der Waals surface area contributed by atoms with Gasteiger partial charge in [0, 0.05) is 31.3 Å². The lowest BCUT2D eigenvalue weighted by molar-refractivity contribution is 0.0930. The number of amides is 1. The number of aromatic nitrogens is 3. The number of benzene rings is 1. The number of nitrogens with one attached hydrogen (secondary N) is 1. The molecule has 134 valence electrons. The van der Waals surface area contributed by atoms with Crippen LogP contribution >= 0.6 is 0 Å². The molecule has 2 aromatic heterocycles. The molecule has 1 aromatic carbocycles. The lowest BCUT2D eigenvalue weighted by atomic mass is 9.97. The van der Waals surface area contributed by atoms with Gasteiger partial charge < -0.3 is 14.6 Å². The highest BCUT2D eigenvalue weighted by Crippen LogP contribution is 2.26. The first-order valence-corrected chi connectivity index (χ1v) is 8.56. The van der Waals surface area contributed by atoms with Crippen LogP contribution in [0.25, 0.3) is 11.3 Å². The molecule has 1 aliphatic heterocycles. The van der Waals surface area contributed by atoms with Crippen molar-refractivity contribution in [2.24, 2.45) is 13.0 Å². The topological polar surface area (TPSA) is 82.2 Å². The summed E-state index contributed by atoms with van der Waals surface area (Å²) in [5.41, 5.74) is 3.22. The number of para-hydroxylation sites is 1. The SMILES string of the molecule is Cc1c(-c2cc(C(=O)NC[C@H]3COc4ccccc4C3)no2)cnn1C. The second kappa shape index (κ2) is 6.67. The summed E-state index contributed by atoms with van der Waals surface area (Å²) in [6, 6.07) is 9.64. The predicted molar refractivity (Wildman–Crippen MR) is 94.9 cm³/mol. The molecule has 0 saturated heterocycles. The standard InChI is InChI=1S/C19H20N4O3/c1-12-15(10-21-23(12)2)18-8-16(22-26-18)19(24)20-9-13-7-14-5-3-4-6-17(14)25-11-13/h3-6,8,10,13H,7,9,11H2,1-2H3,(H,20,24)/t13-/m0/s1. The minimum Gasteiger partial charge on any atom is -0.493 e. The van der Waals surface area contributed by atoms with Crippen molar-refractivity contribution < 1.29 is 14.1 Å². The molecule has 0 bridgehead atoms. The molecule has 1 amide bonds. The van der Waals surface area contributed by atoms with Crippen LogP contribution in [0.1, 0.15) is 21.7 Å². The average Bonchev–Trinajstić information content (AvgIpc) is 3.27. The van der Waals surface area contributed by atoms with Crippen molar-refractivity contribution in [2.45, 2.75) is 13.3 Å². The van der Waals surface area contributed by atoms with Crippen LogP contribution in [0.4, 0.5) is 0 Å². The Hall–Kier alpha value is -3.09. The molecule has 26 heavy (non-hydrogen) atoms. The molecule has 3 heterocycles. The van der Waals surface area contributed by atoms with Gasteiger partial charge in [0.2, 0.25) is 0 Å².